The van der Waals surface area contributed by atoms with Gasteiger partial charge in [0.05, 0.1) is 10.7 Å². The van der Waals surface area contributed by atoms with E-state index in [0.29, 0.717) is 10.9 Å². The van der Waals surface area contributed by atoms with Crippen molar-refractivity contribution < 1.29 is 0 Å². The summed E-state index contributed by atoms with van der Waals surface area (Å²) in [6.45, 7) is 7.54. The Bertz CT molecular complexity index is 637. The van der Waals surface area contributed by atoms with E-state index in [1.165, 1.54) is 5.56 Å². The summed E-state index contributed by atoms with van der Waals surface area (Å²) in [6.07, 6.45) is 0. The van der Waals surface area contributed by atoms with E-state index in [1.807, 2.05) is 18.2 Å². The molecule has 2 aromatic rings. The molecular weight excluding hydrogens is 327 g/mol. The zero-order chi connectivity index (χ0) is 16.2. The Morgan fingerprint density at radius 1 is 0.957 bits per heavy atom. The van der Waals surface area contributed by atoms with Crippen LogP contribution in [0.1, 0.15) is 18.4 Å². The molecule has 1 aliphatic rings. The predicted molar refractivity (Wildman–Crippen MR) is 100.0 cm³/mol. The van der Waals surface area contributed by atoms with Gasteiger partial charge in [0.25, 0.3) is 0 Å². The standard InChI is InChI=1S/C19H22Cl2N2/c1-15(16-5-3-2-4-6-16)14-22-9-11-23(12-10-22)19-8-7-17(20)13-18(19)21/h2-8,13,15H,9-12,14H2,1H3/t15-/m0/s1. The molecule has 3 rings (SSSR count). The molecule has 2 aromatic carbocycles. The van der Waals surface area contributed by atoms with Crippen molar-refractivity contribution in [3.05, 3.63) is 64.1 Å². The number of nitrogens with zero attached hydrogens (tertiary/aromatic N) is 2. The monoisotopic (exact) mass is 348 g/mol. The summed E-state index contributed by atoms with van der Waals surface area (Å²) in [6, 6.07) is 16.5. The number of anilines is 1. The second-order valence-electron chi connectivity index (χ2n) is 6.20. The molecule has 0 unspecified atom stereocenters. The van der Waals surface area contributed by atoms with Gasteiger partial charge in [-0.1, -0.05) is 60.5 Å². The molecule has 0 N–H and O–H groups in total. The van der Waals surface area contributed by atoms with E-state index in [2.05, 4.69) is 47.1 Å². The number of halogens is 2. The highest BCUT2D eigenvalue weighted by Crippen LogP contribution is 2.29. The molecule has 2 nitrogen and oxygen atoms in total. The van der Waals surface area contributed by atoms with Crippen molar-refractivity contribution in [1.29, 1.82) is 0 Å². The normalized spacial score (nSPS) is 17.3. The van der Waals surface area contributed by atoms with E-state index >= 15 is 0 Å². The van der Waals surface area contributed by atoms with Crippen molar-refractivity contribution in [2.24, 2.45) is 0 Å². The molecule has 0 amide bonds. The molecule has 0 aliphatic carbocycles. The molecule has 122 valence electrons. The molecular formula is C19H22Cl2N2. The molecule has 0 radical (unpaired) electrons. The summed E-state index contributed by atoms with van der Waals surface area (Å²) in [5.74, 6) is 0.557. The van der Waals surface area contributed by atoms with Crippen molar-refractivity contribution in [2.45, 2.75) is 12.8 Å². The van der Waals surface area contributed by atoms with Gasteiger partial charge in [0.1, 0.15) is 0 Å². The summed E-state index contributed by atoms with van der Waals surface area (Å²) in [4.78, 5) is 4.89. The molecule has 0 saturated carbocycles. The Balaban J connectivity index is 1.56. The molecule has 1 atom stereocenters. The number of hydrogen-bond donors (Lipinski definition) is 0. The Hall–Kier alpha value is -1.22. The Kier molecular flexibility index (Phi) is 5.47. The number of rotatable bonds is 4. The van der Waals surface area contributed by atoms with Gasteiger partial charge in [0.15, 0.2) is 0 Å². The molecule has 0 spiro atoms. The van der Waals surface area contributed by atoms with Crippen LogP contribution in [-0.4, -0.2) is 37.6 Å². The van der Waals surface area contributed by atoms with E-state index in [-0.39, 0.29) is 0 Å². The van der Waals surface area contributed by atoms with Crippen molar-refractivity contribution in [1.82, 2.24) is 4.90 Å². The minimum absolute atomic E-state index is 0.557. The largest absolute Gasteiger partial charge is 0.368 e. The van der Waals surface area contributed by atoms with Gasteiger partial charge >= 0.3 is 0 Å². The van der Waals surface area contributed by atoms with Crippen LogP contribution in [0.3, 0.4) is 0 Å². The fourth-order valence-electron chi connectivity index (χ4n) is 3.18. The van der Waals surface area contributed by atoms with Crippen LogP contribution in [-0.2, 0) is 0 Å². The quantitative estimate of drug-likeness (QED) is 0.773. The molecule has 1 saturated heterocycles. The van der Waals surface area contributed by atoms with Crippen molar-refractivity contribution in [3.63, 3.8) is 0 Å². The van der Waals surface area contributed by atoms with E-state index in [1.54, 1.807) is 0 Å². The van der Waals surface area contributed by atoms with Crippen LogP contribution in [0.2, 0.25) is 10.0 Å². The van der Waals surface area contributed by atoms with E-state index in [4.69, 9.17) is 23.2 Å². The zero-order valence-corrected chi connectivity index (χ0v) is 14.9. The third kappa shape index (κ3) is 4.20. The number of hydrogen-bond acceptors (Lipinski definition) is 2. The lowest BCUT2D eigenvalue weighted by atomic mass is 10.0. The summed E-state index contributed by atoms with van der Waals surface area (Å²) in [7, 11) is 0. The zero-order valence-electron chi connectivity index (χ0n) is 13.4. The maximum atomic E-state index is 6.32. The van der Waals surface area contributed by atoms with Gasteiger partial charge in [-0.2, -0.15) is 0 Å². The number of piperazine rings is 1. The van der Waals surface area contributed by atoms with Gasteiger partial charge in [-0.3, -0.25) is 4.90 Å². The first-order chi connectivity index (χ1) is 11.1. The highest BCUT2D eigenvalue weighted by Gasteiger charge is 2.20. The van der Waals surface area contributed by atoms with Gasteiger partial charge in [0.2, 0.25) is 0 Å². The molecule has 4 heteroatoms. The summed E-state index contributed by atoms with van der Waals surface area (Å²) in [5, 5.41) is 1.43. The van der Waals surface area contributed by atoms with Gasteiger partial charge in [0, 0.05) is 37.7 Å². The van der Waals surface area contributed by atoms with Crippen LogP contribution in [0.5, 0.6) is 0 Å². The molecule has 1 fully saturated rings. The average molecular weight is 349 g/mol. The topological polar surface area (TPSA) is 6.48 Å². The highest BCUT2D eigenvalue weighted by atomic mass is 35.5. The van der Waals surface area contributed by atoms with E-state index in [0.717, 1.165) is 43.4 Å². The van der Waals surface area contributed by atoms with Gasteiger partial charge in [-0.25, -0.2) is 0 Å². The van der Waals surface area contributed by atoms with Crippen LogP contribution in [0.4, 0.5) is 5.69 Å². The minimum atomic E-state index is 0.557. The van der Waals surface area contributed by atoms with Crippen LogP contribution in [0, 0.1) is 0 Å². The molecule has 0 bridgehead atoms. The van der Waals surface area contributed by atoms with Crippen molar-refractivity contribution in [3.8, 4) is 0 Å². The Labute approximate surface area is 148 Å². The third-order valence-electron chi connectivity index (χ3n) is 4.52. The first-order valence-corrected chi connectivity index (χ1v) is 8.86. The maximum absolute atomic E-state index is 6.32. The lowest BCUT2D eigenvalue weighted by Crippen LogP contribution is -2.47. The number of benzene rings is 2. The molecule has 23 heavy (non-hydrogen) atoms. The average Bonchev–Trinajstić information content (AvgIpc) is 2.57. The molecule has 0 aromatic heterocycles. The lowest BCUT2D eigenvalue weighted by molar-refractivity contribution is 0.246. The van der Waals surface area contributed by atoms with Gasteiger partial charge in [-0.15, -0.1) is 0 Å². The molecule has 1 aliphatic heterocycles. The maximum Gasteiger partial charge on any atom is 0.0654 e. The SMILES string of the molecule is C[C@@H](CN1CCN(c2ccc(Cl)cc2Cl)CC1)c1ccccc1. The highest BCUT2D eigenvalue weighted by molar-refractivity contribution is 6.36. The van der Waals surface area contributed by atoms with Crippen LogP contribution in [0.25, 0.3) is 0 Å². The summed E-state index contributed by atoms with van der Waals surface area (Å²) < 4.78 is 0. The Morgan fingerprint density at radius 2 is 1.65 bits per heavy atom. The van der Waals surface area contributed by atoms with Crippen molar-refractivity contribution >= 4 is 28.9 Å². The minimum Gasteiger partial charge on any atom is -0.368 e. The fourth-order valence-corrected chi connectivity index (χ4v) is 3.71. The van der Waals surface area contributed by atoms with Crippen LogP contribution >= 0.6 is 23.2 Å². The first kappa shape index (κ1) is 16.6. The van der Waals surface area contributed by atoms with Gasteiger partial charge in [-0.05, 0) is 29.7 Å². The second-order valence-corrected chi connectivity index (χ2v) is 7.04. The second kappa shape index (κ2) is 7.57. The van der Waals surface area contributed by atoms with Crippen LogP contribution < -0.4 is 4.90 Å². The van der Waals surface area contributed by atoms with Crippen LogP contribution in [0.15, 0.2) is 48.5 Å². The predicted octanol–water partition coefficient (Wildman–Crippen LogP) is 4.92. The smallest absolute Gasteiger partial charge is 0.0654 e. The first-order valence-electron chi connectivity index (χ1n) is 8.11. The van der Waals surface area contributed by atoms with E-state index < -0.39 is 0 Å². The van der Waals surface area contributed by atoms with Crippen molar-refractivity contribution in [2.75, 3.05) is 37.6 Å². The van der Waals surface area contributed by atoms with Gasteiger partial charge < -0.3 is 4.90 Å². The summed E-state index contributed by atoms with van der Waals surface area (Å²) >= 11 is 12.3. The fraction of sp³-hybridized carbons (Fsp3) is 0.368. The lowest BCUT2D eigenvalue weighted by Gasteiger charge is -2.37. The summed E-state index contributed by atoms with van der Waals surface area (Å²) in [5.41, 5.74) is 2.50. The third-order valence-corrected chi connectivity index (χ3v) is 5.06. The van der Waals surface area contributed by atoms with E-state index in [9.17, 15) is 0 Å². The molecule has 1 heterocycles. The Morgan fingerprint density at radius 3 is 2.30 bits per heavy atom.